The molecule has 0 aliphatic carbocycles. The number of aromatic hydroxyl groups is 1. The second-order valence-electron chi connectivity index (χ2n) is 2.73. The number of benzene rings is 1. The van der Waals surface area contributed by atoms with Crippen LogP contribution in [0.1, 0.15) is 0 Å². The first kappa shape index (κ1) is 13.9. The topological polar surface area (TPSA) is 40.5 Å². The fourth-order valence-electron chi connectivity index (χ4n) is 0.729. The monoisotopic (exact) mass is 286 g/mol. The van der Waals surface area contributed by atoms with Gasteiger partial charge in [0.25, 0.3) is 5.24 Å². The molecule has 0 atom stereocenters. The molecule has 1 amide bonds. The third-order valence-electron chi connectivity index (χ3n) is 1.43. The van der Waals surface area contributed by atoms with E-state index >= 15 is 0 Å². The van der Waals surface area contributed by atoms with Crippen LogP contribution in [0, 0.1) is 0 Å². The van der Waals surface area contributed by atoms with E-state index in [9.17, 15) is 9.90 Å². The quantitative estimate of drug-likeness (QED) is 0.804. The SMILES string of the molecule is CN(C)C(=O)Sc1ccccc1O.[Y]. The molecule has 0 fully saturated rings. The molecular formula is C9H11NO2SY. The van der Waals surface area contributed by atoms with Gasteiger partial charge >= 0.3 is 0 Å². The Morgan fingerprint density at radius 3 is 2.43 bits per heavy atom. The van der Waals surface area contributed by atoms with Crippen LogP contribution >= 0.6 is 11.8 Å². The van der Waals surface area contributed by atoms with Crippen molar-refractivity contribution in [2.75, 3.05) is 14.1 Å². The fraction of sp³-hybridized carbons (Fsp3) is 0.222. The zero-order chi connectivity index (χ0) is 9.84. The van der Waals surface area contributed by atoms with Gasteiger partial charge < -0.3 is 10.0 Å². The Morgan fingerprint density at radius 2 is 1.93 bits per heavy atom. The van der Waals surface area contributed by atoms with Crippen molar-refractivity contribution in [3.8, 4) is 5.75 Å². The summed E-state index contributed by atoms with van der Waals surface area (Å²) in [4.78, 5) is 13.3. The molecule has 0 saturated heterocycles. The molecule has 0 aliphatic heterocycles. The Bertz CT molecular complexity index is 317. The van der Waals surface area contributed by atoms with Gasteiger partial charge in [0.1, 0.15) is 5.75 Å². The number of thioether (sulfide) groups is 1. The van der Waals surface area contributed by atoms with E-state index in [1.165, 1.54) is 4.90 Å². The summed E-state index contributed by atoms with van der Waals surface area (Å²) in [6.07, 6.45) is 0. The molecule has 5 heteroatoms. The number of rotatable bonds is 1. The van der Waals surface area contributed by atoms with Gasteiger partial charge in [-0.25, -0.2) is 0 Å². The number of hydrogen-bond acceptors (Lipinski definition) is 3. The van der Waals surface area contributed by atoms with Gasteiger partial charge in [-0.3, -0.25) is 4.79 Å². The van der Waals surface area contributed by atoms with Crippen LogP contribution in [0.4, 0.5) is 4.79 Å². The summed E-state index contributed by atoms with van der Waals surface area (Å²) in [5.74, 6) is 0.141. The number of nitrogens with zero attached hydrogens (tertiary/aromatic N) is 1. The summed E-state index contributed by atoms with van der Waals surface area (Å²) >= 11 is 1.02. The summed E-state index contributed by atoms with van der Waals surface area (Å²) < 4.78 is 0. The number of carbonyl (C=O) groups is 1. The van der Waals surface area contributed by atoms with E-state index in [0.29, 0.717) is 4.90 Å². The van der Waals surface area contributed by atoms with Crippen LogP contribution in [-0.2, 0) is 32.7 Å². The van der Waals surface area contributed by atoms with Gasteiger partial charge in [0, 0.05) is 46.8 Å². The molecule has 0 aliphatic rings. The maximum absolute atomic E-state index is 11.2. The molecule has 73 valence electrons. The van der Waals surface area contributed by atoms with Crippen molar-refractivity contribution in [1.82, 2.24) is 4.90 Å². The van der Waals surface area contributed by atoms with E-state index in [1.54, 1.807) is 38.4 Å². The number of amides is 1. The van der Waals surface area contributed by atoms with E-state index < -0.39 is 0 Å². The standard InChI is InChI=1S/C9H11NO2S.Y/c1-10(2)9(12)13-8-6-4-3-5-7(8)11;/h3-6,11H,1-2H3;. The van der Waals surface area contributed by atoms with Gasteiger partial charge in [-0.2, -0.15) is 0 Å². The van der Waals surface area contributed by atoms with Crippen LogP contribution < -0.4 is 0 Å². The number of para-hydroxylation sites is 1. The maximum atomic E-state index is 11.2. The summed E-state index contributed by atoms with van der Waals surface area (Å²) in [6.45, 7) is 0. The molecule has 0 heterocycles. The molecular weight excluding hydrogens is 275 g/mol. The van der Waals surface area contributed by atoms with E-state index in [0.717, 1.165) is 11.8 Å². The van der Waals surface area contributed by atoms with Crippen LogP contribution in [0.3, 0.4) is 0 Å². The minimum Gasteiger partial charge on any atom is -0.507 e. The number of hydrogen-bond donors (Lipinski definition) is 1. The van der Waals surface area contributed by atoms with Crippen LogP contribution in [0.25, 0.3) is 0 Å². The smallest absolute Gasteiger partial charge is 0.286 e. The third kappa shape index (κ3) is 3.99. The molecule has 1 N–H and O–H groups in total. The molecule has 1 radical (unpaired) electrons. The molecule has 0 unspecified atom stereocenters. The van der Waals surface area contributed by atoms with E-state index in [-0.39, 0.29) is 43.7 Å². The minimum absolute atomic E-state index is 0. The molecule has 1 aromatic carbocycles. The van der Waals surface area contributed by atoms with Crippen molar-refractivity contribution in [2.24, 2.45) is 0 Å². The van der Waals surface area contributed by atoms with E-state index in [1.807, 2.05) is 0 Å². The Labute approximate surface area is 113 Å². The Kier molecular flexibility index (Phi) is 6.41. The van der Waals surface area contributed by atoms with Crippen molar-refractivity contribution in [3.63, 3.8) is 0 Å². The second-order valence-corrected chi connectivity index (χ2v) is 3.72. The van der Waals surface area contributed by atoms with Crippen molar-refractivity contribution in [2.45, 2.75) is 4.90 Å². The summed E-state index contributed by atoms with van der Waals surface area (Å²) in [5, 5.41) is 9.25. The zero-order valence-electron chi connectivity index (χ0n) is 8.10. The van der Waals surface area contributed by atoms with Gasteiger partial charge in [0.05, 0.1) is 4.90 Å². The number of phenols is 1. The largest absolute Gasteiger partial charge is 0.507 e. The predicted molar refractivity (Wildman–Crippen MR) is 53.0 cm³/mol. The van der Waals surface area contributed by atoms with Crippen LogP contribution in [0.15, 0.2) is 29.2 Å². The van der Waals surface area contributed by atoms with Crippen molar-refractivity contribution >= 4 is 17.0 Å². The summed E-state index contributed by atoms with van der Waals surface area (Å²) in [5.41, 5.74) is 0. The molecule has 0 spiro atoms. The number of carbonyl (C=O) groups excluding carboxylic acids is 1. The average molecular weight is 286 g/mol. The second kappa shape index (κ2) is 6.43. The zero-order valence-corrected chi connectivity index (χ0v) is 11.8. The fourth-order valence-corrected chi connectivity index (χ4v) is 1.42. The van der Waals surface area contributed by atoms with Crippen molar-refractivity contribution in [3.05, 3.63) is 24.3 Å². The molecule has 0 aromatic heterocycles. The van der Waals surface area contributed by atoms with Crippen LogP contribution in [0.5, 0.6) is 5.75 Å². The molecule has 1 rings (SSSR count). The van der Waals surface area contributed by atoms with E-state index in [4.69, 9.17) is 0 Å². The van der Waals surface area contributed by atoms with Crippen LogP contribution in [0.2, 0.25) is 0 Å². The van der Waals surface area contributed by atoms with Crippen LogP contribution in [-0.4, -0.2) is 29.3 Å². The average Bonchev–Trinajstić information content (AvgIpc) is 2.08. The van der Waals surface area contributed by atoms with Gasteiger partial charge in [-0.05, 0) is 23.9 Å². The van der Waals surface area contributed by atoms with Crippen molar-refractivity contribution < 1.29 is 42.6 Å². The van der Waals surface area contributed by atoms with Crippen molar-refractivity contribution in [1.29, 1.82) is 0 Å². The molecule has 0 bridgehead atoms. The molecule has 14 heavy (non-hydrogen) atoms. The maximum Gasteiger partial charge on any atom is 0.286 e. The van der Waals surface area contributed by atoms with Gasteiger partial charge in [-0.1, -0.05) is 12.1 Å². The molecule has 3 nitrogen and oxygen atoms in total. The first-order valence-electron chi connectivity index (χ1n) is 3.78. The normalized spacial score (nSPS) is 9.00. The molecule has 1 aromatic rings. The minimum atomic E-state index is -0.0958. The number of phenolic OH excluding ortho intramolecular Hbond substituents is 1. The Morgan fingerprint density at radius 1 is 1.36 bits per heavy atom. The predicted octanol–water partition coefficient (Wildman–Crippen LogP) is 2.16. The molecule has 0 saturated carbocycles. The van der Waals surface area contributed by atoms with Gasteiger partial charge in [0.2, 0.25) is 0 Å². The first-order valence-corrected chi connectivity index (χ1v) is 4.60. The summed E-state index contributed by atoms with van der Waals surface area (Å²) in [7, 11) is 3.35. The van der Waals surface area contributed by atoms with Gasteiger partial charge in [0.15, 0.2) is 0 Å². The van der Waals surface area contributed by atoms with E-state index in [2.05, 4.69) is 0 Å². The summed E-state index contributed by atoms with van der Waals surface area (Å²) in [6, 6.07) is 6.77. The van der Waals surface area contributed by atoms with Gasteiger partial charge in [-0.15, -0.1) is 0 Å². The Hall–Kier alpha value is -0.0561. The third-order valence-corrected chi connectivity index (χ3v) is 2.53. The Balaban J connectivity index is 0.00000169. The first-order chi connectivity index (χ1) is 6.11.